The topological polar surface area (TPSA) is 50.2 Å². The lowest BCUT2D eigenvalue weighted by Crippen LogP contribution is -1.98. The van der Waals surface area contributed by atoms with Crippen molar-refractivity contribution in [1.82, 2.24) is 4.98 Å². The van der Waals surface area contributed by atoms with Crippen molar-refractivity contribution in [3.63, 3.8) is 0 Å². The fourth-order valence-electron chi connectivity index (χ4n) is 2.27. The summed E-state index contributed by atoms with van der Waals surface area (Å²) in [4.78, 5) is 15.0. The number of benzene rings is 2. The Kier molecular flexibility index (Phi) is 3.50. The van der Waals surface area contributed by atoms with Crippen LogP contribution in [0.1, 0.15) is 10.4 Å². The summed E-state index contributed by atoms with van der Waals surface area (Å²) in [6.07, 6.45) is 0.959. The molecule has 0 aliphatic rings. The van der Waals surface area contributed by atoms with Gasteiger partial charge in [0.05, 0.1) is 28.0 Å². The number of hydrogen-bond acceptors (Lipinski definition) is 2. The first-order valence-electron chi connectivity index (χ1n) is 6.25. The number of fused-ring (bicyclic) bond motifs is 1. The SMILES string of the molecule is O=C(O)c1ccc2c(F)cnc(-c3c(F)cccc3Cl)c2c1. The summed E-state index contributed by atoms with van der Waals surface area (Å²) in [5.74, 6) is -2.41. The zero-order chi connectivity index (χ0) is 15.9. The molecular weight excluding hydrogens is 312 g/mol. The monoisotopic (exact) mass is 319 g/mol. The number of carboxylic acid groups (broad SMARTS) is 1. The van der Waals surface area contributed by atoms with Crippen LogP contribution >= 0.6 is 11.6 Å². The summed E-state index contributed by atoms with van der Waals surface area (Å²) in [5.41, 5.74) is 0.0629. The molecule has 0 atom stereocenters. The molecule has 6 heteroatoms. The molecular formula is C16H8ClF2NO2. The third-order valence-electron chi connectivity index (χ3n) is 3.29. The third kappa shape index (κ3) is 2.29. The minimum atomic E-state index is -1.17. The van der Waals surface area contributed by atoms with Crippen molar-refractivity contribution in [3.8, 4) is 11.3 Å². The van der Waals surface area contributed by atoms with Crippen molar-refractivity contribution < 1.29 is 18.7 Å². The predicted molar refractivity (Wildman–Crippen MR) is 79.1 cm³/mol. The van der Waals surface area contributed by atoms with Crippen molar-refractivity contribution in [1.29, 1.82) is 0 Å². The summed E-state index contributed by atoms with van der Waals surface area (Å²) in [5, 5.41) is 9.52. The lowest BCUT2D eigenvalue weighted by Gasteiger charge is -2.10. The quantitative estimate of drug-likeness (QED) is 0.755. The smallest absolute Gasteiger partial charge is 0.335 e. The van der Waals surface area contributed by atoms with Crippen LogP contribution in [0, 0.1) is 11.6 Å². The van der Waals surface area contributed by atoms with Crippen LogP contribution in [0.4, 0.5) is 8.78 Å². The second-order valence-electron chi connectivity index (χ2n) is 4.62. The van der Waals surface area contributed by atoms with Gasteiger partial charge >= 0.3 is 5.97 Å². The van der Waals surface area contributed by atoms with E-state index in [1.165, 1.54) is 36.4 Å². The Labute approximate surface area is 128 Å². The molecule has 3 rings (SSSR count). The minimum Gasteiger partial charge on any atom is -0.478 e. The standard InChI is InChI=1S/C16H8ClF2NO2/c17-11-2-1-3-12(18)14(11)15-10-6-8(16(21)22)4-5-9(10)13(19)7-20-15/h1-7H,(H,21,22). The number of aromatic carboxylic acids is 1. The molecule has 110 valence electrons. The van der Waals surface area contributed by atoms with E-state index < -0.39 is 17.6 Å². The van der Waals surface area contributed by atoms with Crippen molar-refractivity contribution in [2.24, 2.45) is 0 Å². The molecule has 0 aliphatic heterocycles. The number of carboxylic acids is 1. The van der Waals surface area contributed by atoms with Crippen molar-refractivity contribution in [2.75, 3.05) is 0 Å². The average molecular weight is 320 g/mol. The van der Waals surface area contributed by atoms with Gasteiger partial charge in [-0.15, -0.1) is 0 Å². The number of carbonyl (C=O) groups is 1. The molecule has 1 heterocycles. The first-order valence-corrected chi connectivity index (χ1v) is 6.63. The minimum absolute atomic E-state index is 0.0108. The Hall–Kier alpha value is -2.53. The highest BCUT2D eigenvalue weighted by Gasteiger charge is 2.17. The van der Waals surface area contributed by atoms with Gasteiger partial charge in [0.15, 0.2) is 0 Å². The Bertz CT molecular complexity index is 892. The van der Waals surface area contributed by atoms with Crippen molar-refractivity contribution >= 4 is 28.3 Å². The van der Waals surface area contributed by atoms with Gasteiger partial charge in [0.2, 0.25) is 0 Å². The molecule has 2 aromatic carbocycles. The van der Waals surface area contributed by atoms with E-state index in [0.29, 0.717) is 0 Å². The van der Waals surface area contributed by atoms with E-state index in [2.05, 4.69) is 4.98 Å². The number of halogens is 3. The Morgan fingerprint density at radius 2 is 1.86 bits per heavy atom. The van der Waals surface area contributed by atoms with Gasteiger partial charge in [0, 0.05) is 10.8 Å². The van der Waals surface area contributed by atoms with Gasteiger partial charge < -0.3 is 5.11 Å². The van der Waals surface area contributed by atoms with Gasteiger partial charge in [-0.25, -0.2) is 13.6 Å². The van der Waals surface area contributed by atoms with E-state index in [0.717, 1.165) is 6.20 Å². The molecule has 1 N–H and O–H groups in total. The first kappa shape index (κ1) is 14.4. The first-order chi connectivity index (χ1) is 10.5. The second-order valence-corrected chi connectivity index (χ2v) is 5.02. The predicted octanol–water partition coefficient (Wildman–Crippen LogP) is 4.53. The molecule has 22 heavy (non-hydrogen) atoms. The van der Waals surface area contributed by atoms with Crippen LogP contribution in [0.5, 0.6) is 0 Å². The third-order valence-corrected chi connectivity index (χ3v) is 3.60. The zero-order valence-corrected chi connectivity index (χ0v) is 11.7. The molecule has 1 aromatic heterocycles. The molecule has 0 bridgehead atoms. The van der Waals surface area contributed by atoms with Gasteiger partial charge in [0.1, 0.15) is 11.6 Å². The molecule has 0 radical (unpaired) electrons. The summed E-state index contributed by atoms with van der Waals surface area (Å²) < 4.78 is 28.0. The number of aromatic nitrogens is 1. The molecule has 0 unspecified atom stereocenters. The summed E-state index contributed by atoms with van der Waals surface area (Å²) in [6, 6.07) is 7.99. The highest BCUT2D eigenvalue weighted by Crippen LogP contribution is 2.35. The molecule has 0 amide bonds. The van der Waals surface area contributed by atoms with Crippen LogP contribution < -0.4 is 0 Å². The molecule has 0 aliphatic carbocycles. The van der Waals surface area contributed by atoms with E-state index >= 15 is 0 Å². The van der Waals surface area contributed by atoms with Crippen LogP contribution in [-0.2, 0) is 0 Å². The maximum atomic E-state index is 14.1. The number of nitrogens with zero attached hydrogens (tertiary/aromatic N) is 1. The highest BCUT2D eigenvalue weighted by molar-refractivity contribution is 6.33. The molecule has 0 saturated carbocycles. The number of pyridine rings is 1. The van der Waals surface area contributed by atoms with Gasteiger partial charge in [-0.1, -0.05) is 23.7 Å². The van der Waals surface area contributed by atoms with Crippen molar-refractivity contribution in [3.05, 3.63) is 64.8 Å². The Morgan fingerprint density at radius 1 is 1.09 bits per heavy atom. The van der Waals surface area contributed by atoms with Crippen LogP contribution in [0.15, 0.2) is 42.6 Å². The Balaban J connectivity index is 2.41. The zero-order valence-electron chi connectivity index (χ0n) is 11.0. The summed E-state index contributed by atoms with van der Waals surface area (Å²) >= 11 is 6.02. The van der Waals surface area contributed by atoms with Gasteiger partial charge in [0.25, 0.3) is 0 Å². The van der Waals surface area contributed by atoms with Gasteiger partial charge in [-0.3, -0.25) is 4.98 Å². The summed E-state index contributed by atoms with van der Waals surface area (Å²) in [6.45, 7) is 0. The van der Waals surface area contributed by atoms with Crippen LogP contribution in [0.3, 0.4) is 0 Å². The fourth-order valence-corrected chi connectivity index (χ4v) is 2.52. The molecule has 0 spiro atoms. The second kappa shape index (κ2) is 5.35. The van der Waals surface area contributed by atoms with E-state index in [-0.39, 0.29) is 32.6 Å². The van der Waals surface area contributed by atoms with Crippen LogP contribution in [0.25, 0.3) is 22.0 Å². The summed E-state index contributed by atoms with van der Waals surface area (Å²) in [7, 11) is 0. The molecule has 3 aromatic rings. The van der Waals surface area contributed by atoms with Gasteiger partial charge in [-0.2, -0.15) is 0 Å². The van der Waals surface area contributed by atoms with Gasteiger partial charge in [-0.05, 0) is 24.3 Å². The normalized spacial score (nSPS) is 10.9. The maximum Gasteiger partial charge on any atom is 0.335 e. The Morgan fingerprint density at radius 3 is 2.55 bits per heavy atom. The van der Waals surface area contributed by atoms with E-state index in [4.69, 9.17) is 16.7 Å². The largest absolute Gasteiger partial charge is 0.478 e. The maximum absolute atomic E-state index is 14.1. The highest BCUT2D eigenvalue weighted by atomic mass is 35.5. The molecule has 3 nitrogen and oxygen atoms in total. The number of rotatable bonds is 2. The van der Waals surface area contributed by atoms with E-state index in [9.17, 15) is 13.6 Å². The molecule has 0 saturated heterocycles. The van der Waals surface area contributed by atoms with E-state index in [1.807, 2.05) is 0 Å². The average Bonchev–Trinajstić information content (AvgIpc) is 2.49. The van der Waals surface area contributed by atoms with Crippen LogP contribution in [-0.4, -0.2) is 16.1 Å². The van der Waals surface area contributed by atoms with Crippen LogP contribution in [0.2, 0.25) is 5.02 Å². The fraction of sp³-hybridized carbons (Fsp3) is 0. The van der Waals surface area contributed by atoms with E-state index in [1.54, 1.807) is 0 Å². The molecule has 0 fully saturated rings. The lowest BCUT2D eigenvalue weighted by atomic mass is 10.0. The lowest BCUT2D eigenvalue weighted by molar-refractivity contribution is 0.0697. The number of hydrogen-bond donors (Lipinski definition) is 1. The van der Waals surface area contributed by atoms with Crippen molar-refractivity contribution in [2.45, 2.75) is 0 Å².